The van der Waals surface area contributed by atoms with Crippen LogP contribution in [-0.4, -0.2) is 7.11 Å². The van der Waals surface area contributed by atoms with Crippen molar-refractivity contribution in [2.75, 3.05) is 7.11 Å². The second kappa shape index (κ2) is 6.06. The highest BCUT2D eigenvalue weighted by Crippen LogP contribution is 2.13. The average Bonchev–Trinajstić information content (AvgIpc) is 2.40. The minimum absolute atomic E-state index is 0.603. The quantitative estimate of drug-likeness (QED) is 0.780. The first-order valence-electron chi connectivity index (χ1n) is 5.63. The Morgan fingerprint density at radius 2 is 1.53 bits per heavy atom. The van der Waals surface area contributed by atoms with Crippen LogP contribution in [0.5, 0.6) is 5.75 Å². The van der Waals surface area contributed by atoms with Gasteiger partial charge < -0.3 is 9.47 Å². The lowest BCUT2D eigenvalue weighted by molar-refractivity contribution is 0.107. The first-order chi connectivity index (χ1) is 8.38. The molecule has 17 heavy (non-hydrogen) atoms. The molecule has 0 saturated heterocycles. The van der Waals surface area contributed by atoms with Crippen LogP contribution in [0, 0.1) is 0 Å². The van der Waals surface area contributed by atoms with Crippen molar-refractivity contribution in [2.24, 2.45) is 0 Å². The zero-order valence-corrected chi connectivity index (χ0v) is 9.93. The molecule has 0 bridgehead atoms. The van der Waals surface area contributed by atoms with E-state index < -0.39 is 0 Å². The number of ether oxygens (including phenoxy) is 2. The van der Waals surface area contributed by atoms with Gasteiger partial charge in [0.15, 0.2) is 0 Å². The summed E-state index contributed by atoms with van der Waals surface area (Å²) in [6.07, 6.45) is 0. The molecule has 0 fully saturated rings. The number of rotatable bonds is 5. The van der Waals surface area contributed by atoms with Gasteiger partial charge in [0, 0.05) is 0 Å². The molecule has 0 aromatic heterocycles. The minimum Gasteiger partial charge on any atom is -0.497 e. The Morgan fingerprint density at radius 1 is 0.824 bits per heavy atom. The Bertz CT molecular complexity index is 451. The lowest BCUT2D eigenvalue weighted by atomic mass is 10.2. The summed E-state index contributed by atoms with van der Waals surface area (Å²) < 4.78 is 10.8. The van der Waals surface area contributed by atoms with Gasteiger partial charge in [-0.1, -0.05) is 42.5 Å². The molecule has 0 aliphatic heterocycles. The Balaban J connectivity index is 1.86. The van der Waals surface area contributed by atoms with Gasteiger partial charge in [0.05, 0.1) is 20.3 Å². The lowest BCUT2D eigenvalue weighted by Crippen LogP contribution is -1.94. The molecule has 88 valence electrons. The molecule has 0 unspecified atom stereocenters. The fraction of sp³-hybridized carbons (Fsp3) is 0.200. The van der Waals surface area contributed by atoms with Gasteiger partial charge in [-0.15, -0.1) is 0 Å². The summed E-state index contributed by atoms with van der Waals surface area (Å²) >= 11 is 0. The Labute approximate surface area is 102 Å². The second-order valence-corrected chi connectivity index (χ2v) is 3.83. The molecule has 0 heterocycles. The molecular formula is C15H16O2. The summed E-state index contributed by atoms with van der Waals surface area (Å²) in [5.41, 5.74) is 2.32. The van der Waals surface area contributed by atoms with E-state index in [2.05, 4.69) is 12.1 Å². The molecule has 0 spiro atoms. The summed E-state index contributed by atoms with van der Waals surface area (Å²) in [6.45, 7) is 1.24. The summed E-state index contributed by atoms with van der Waals surface area (Å²) in [4.78, 5) is 0. The van der Waals surface area contributed by atoms with Crippen LogP contribution in [0.15, 0.2) is 54.6 Å². The zero-order valence-electron chi connectivity index (χ0n) is 9.93. The summed E-state index contributed by atoms with van der Waals surface area (Å²) in [6, 6.07) is 18.1. The van der Waals surface area contributed by atoms with Crippen LogP contribution in [0.4, 0.5) is 0 Å². The number of benzene rings is 2. The molecule has 0 atom stereocenters. The molecule has 2 rings (SSSR count). The van der Waals surface area contributed by atoms with Gasteiger partial charge in [-0.05, 0) is 23.3 Å². The third-order valence-corrected chi connectivity index (χ3v) is 2.51. The topological polar surface area (TPSA) is 18.5 Å². The van der Waals surface area contributed by atoms with Gasteiger partial charge >= 0.3 is 0 Å². The molecule has 0 radical (unpaired) electrons. The molecule has 0 aliphatic carbocycles. The maximum Gasteiger partial charge on any atom is 0.119 e. The van der Waals surface area contributed by atoms with Gasteiger partial charge in [0.25, 0.3) is 0 Å². The van der Waals surface area contributed by atoms with Crippen molar-refractivity contribution in [2.45, 2.75) is 13.2 Å². The molecule has 0 saturated carbocycles. The van der Waals surface area contributed by atoms with Crippen LogP contribution in [0.3, 0.4) is 0 Å². The van der Waals surface area contributed by atoms with E-state index in [0.717, 1.165) is 11.3 Å². The van der Waals surface area contributed by atoms with E-state index in [9.17, 15) is 0 Å². The maximum atomic E-state index is 5.65. The predicted octanol–water partition coefficient (Wildman–Crippen LogP) is 3.41. The Hall–Kier alpha value is -1.80. The first-order valence-corrected chi connectivity index (χ1v) is 5.63. The largest absolute Gasteiger partial charge is 0.497 e. The highest BCUT2D eigenvalue weighted by Gasteiger charge is 1.97. The predicted molar refractivity (Wildman–Crippen MR) is 67.9 cm³/mol. The maximum absolute atomic E-state index is 5.65. The van der Waals surface area contributed by atoms with E-state index in [-0.39, 0.29) is 0 Å². The van der Waals surface area contributed by atoms with Gasteiger partial charge in [0.2, 0.25) is 0 Å². The van der Waals surface area contributed by atoms with E-state index in [4.69, 9.17) is 9.47 Å². The van der Waals surface area contributed by atoms with E-state index in [0.29, 0.717) is 13.2 Å². The molecule has 0 aliphatic rings. The van der Waals surface area contributed by atoms with E-state index in [1.807, 2.05) is 42.5 Å². The summed E-state index contributed by atoms with van der Waals surface area (Å²) in [7, 11) is 1.67. The molecule has 2 heteroatoms. The van der Waals surface area contributed by atoms with E-state index in [1.54, 1.807) is 7.11 Å². The van der Waals surface area contributed by atoms with Crippen molar-refractivity contribution in [3.05, 3.63) is 65.7 Å². The average molecular weight is 228 g/mol. The monoisotopic (exact) mass is 228 g/mol. The summed E-state index contributed by atoms with van der Waals surface area (Å²) in [5.74, 6) is 0.866. The van der Waals surface area contributed by atoms with Gasteiger partial charge in [-0.25, -0.2) is 0 Å². The van der Waals surface area contributed by atoms with Crippen LogP contribution in [0.2, 0.25) is 0 Å². The van der Waals surface area contributed by atoms with Crippen molar-refractivity contribution in [3.8, 4) is 5.75 Å². The number of methoxy groups -OCH3 is 1. The number of hydrogen-bond donors (Lipinski definition) is 0. The van der Waals surface area contributed by atoms with Crippen LogP contribution < -0.4 is 4.74 Å². The number of hydrogen-bond acceptors (Lipinski definition) is 2. The molecule has 0 N–H and O–H groups in total. The van der Waals surface area contributed by atoms with Crippen LogP contribution >= 0.6 is 0 Å². The lowest BCUT2D eigenvalue weighted by Gasteiger charge is -2.06. The van der Waals surface area contributed by atoms with E-state index in [1.165, 1.54) is 5.56 Å². The minimum atomic E-state index is 0.603. The van der Waals surface area contributed by atoms with Crippen molar-refractivity contribution >= 4 is 0 Å². The highest BCUT2D eigenvalue weighted by molar-refractivity contribution is 5.27. The first kappa shape index (κ1) is 11.7. The van der Waals surface area contributed by atoms with Gasteiger partial charge in [-0.3, -0.25) is 0 Å². The van der Waals surface area contributed by atoms with Crippen molar-refractivity contribution in [3.63, 3.8) is 0 Å². The molecule has 0 amide bonds. The SMILES string of the molecule is COc1cccc(COCc2ccccc2)c1. The zero-order chi connectivity index (χ0) is 11.9. The smallest absolute Gasteiger partial charge is 0.119 e. The molecular weight excluding hydrogens is 212 g/mol. The summed E-state index contributed by atoms with van der Waals surface area (Å²) in [5, 5.41) is 0. The van der Waals surface area contributed by atoms with Crippen LogP contribution in [-0.2, 0) is 18.0 Å². The highest BCUT2D eigenvalue weighted by atomic mass is 16.5. The van der Waals surface area contributed by atoms with Crippen molar-refractivity contribution in [1.29, 1.82) is 0 Å². The second-order valence-electron chi connectivity index (χ2n) is 3.83. The van der Waals surface area contributed by atoms with Crippen LogP contribution in [0.25, 0.3) is 0 Å². The van der Waals surface area contributed by atoms with Gasteiger partial charge in [0.1, 0.15) is 5.75 Å². The third-order valence-electron chi connectivity index (χ3n) is 2.51. The van der Waals surface area contributed by atoms with Crippen molar-refractivity contribution < 1.29 is 9.47 Å². The molecule has 2 aromatic carbocycles. The third kappa shape index (κ3) is 3.61. The Kier molecular flexibility index (Phi) is 4.17. The fourth-order valence-electron chi connectivity index (χ4n) is 1.62. The van der Waals surface area contributed by atoms with Gasteiger partial charge in [-0.2, -0.15) is 0 Å². The van der Waals surface area contributed by atoms with Crippen molar-refractivity contribution in [1.82, 2.24) is 0 Å². The van der Waals surface area contributed by atoms with E-state index >= 15 is 0 Å². The standard InChI is InChI=1S/C15H16O2/c1-16-15-9-5-8-14(10-15)12-17-11-13-6-3-2-4-7-13/h2-10H,11-12H2,1H3. The Morgan fingerprint density at radius 3 is 2.29 bits per heavy atom. The molecule has 2 aromatic rings. The molecule has 2 nitrogen and oxygen atoms in total. The normalized spacial score (nSPS) is 10.2. The van der Waals surface area contributed by atoms with Crippen LogP contribution in [0.1, 0.15) is 11.1 Å². The fourth-order valence-corrected chi connectivity index (χ4v) is 1.62.